The predicted molar refractivity (Wildman–Crippen MR) is 102 cm³/mol. The van der Waals surface area contributed by atoms with E-state index in [4.69, 9.17) is 4.74 Å². The van der Waals surface area contributed by atoms with Crippen LogP contribution in [-0.4, -0.2) is 29.1 Å². The van der Waals surface area contributed by atoms with E-state index < -0.39 is 0 Å². The SMILES string of the molecule is CCOc1ccc(N(C)C(=O)CCn2cnc3ccccc3c2=O)cc1. The molecule has 0 bridgehead atoms. The zero-order valence-corrected chi connectivity index (χ0v) is 14.9. The van der Waals surface area contributed by atoms with Crippen LogP contribution in [0.4, 0.5) is 5.69 Å². The lowest BCUT2D eigenvalue weighted by Crippen LogP contribution is -2.29. The summed E-state index contributed by atoms with van der Waals surface area (Å²) in [5.41, 5.74) is 1.31. The van der Waals surface area contributed by atoms with Gasteiger partial charge in [-0.15, -0.1) is 0 Å². The predicted octanol–water partition coefficient (Wildman–Crippen LogP) is 2.85. The summed E-state index contributed by atoms with van der Waals surface area (Å²) in [6, 6.07) is 14.5. The highest BCUT2D eigenvalue weighted by Gasteiger charge is 2.12. The number of carbonyl (C=O) groups excluding carboxylic acids is 1. The summed E-state index contributed by atoms with van der Waals surface area (Å²) in [4.78, 5) is 30.8. The Morgan fingerprint density at radius 1 is 1.15 bits per heavy atom. The molecular formula is C20H21N3O3. The van der Waals surface area contributed by atoms with Gasteiger partial charge in [0.15, 0.2) is 0 Å². The van der Waals surface area contributed by atoms with Crippen molar-refractivity contribution in [2.45, 2.75) is 19.9 Å². The smallest absolute Gasteiger partial charge is 0.261 e. The summed E-state index contributed by atoms with van der Waals surface area (Å²) in [5.74, 6) is 0.695. The van der Waals surface area contributed by atoms with Crippen LogP contribution >= 0.6 is 0 Å². The van der Waals surface area contributed by atoms with Gasteiger partial charge in [0.1, 0.15) is 5.75 Å². The summed E-state index contributed by atoms with van der Waals surface area (Å²) in [6.45, 7) is 2.81. The molecule has 6 heteroatoms. The first-order valence-electron chi connectivity index (χ1n) is 8.53. The summed E-state index contributed by atoms with van der Waals surface area (Å²) in [7, 11) is 1.72. The van der Waals surface area contributed by atoms with Gasteiger partial charge in [0, 0.05) is 25.7 Å². The Morgan fingerprint density at radius 2 is 1.88 bits per heavy atom. The Kier molecular flexibility index (Phi) is 5.31. The summed E-state index contributed by atoms with van der Waals surface area (Å²) >= 11 is 0. The topological polar surface area (TPSA) is 64.4 Å². The number of amides is 1. The van der Waals surface area contributed by atoms with Crippen LogP contribution in [0.15, 0.2) is 59.7 Å². The number of carbonyl (C=O) groups is 1. The minimum atomic E-state index is -0.132. The third kappa shape index (κ3) is 3.74. The Bertz CT molecular complexity index is 964. The van der Waals surface area contributed by atoms with Gasteiger partial charge < -0.3 is 9.64 Å². The van der Waals surface area contributed by atoms with E-state index >= 15 is 0 Å². The molecule has 3 rings (SSSR count). The summed E-state index contributed by atoms with van der Waals surface area (Å²) in [5, 5.41) is 0.558. The monoisotopic (exact) mass is 351 g/mol. The minimum Gasteiger partial charge on any atom is -0.494 e. The number of hydrogen-bond donors (Lipinski definition) is 0. The van der Waals surface area contributed by atoms with E-state index in [2.05, 4.69) is 4.98 Å². The van der Waals surface area contributed by atoms with E-state index in [0.717, 1.165) is 11.4 Å². The van der Waals surface area contributed by atoms with Gasteiger partial charge in [-0.3, -0.25) is 14.2 Å². The number of aryl methyl sites for hydroxylation is 1. The maximum atomic E-state index is 12.5. The van der Waals surface area contributed by atoms with E-state index in [1.807, 2.05) is 37.3 Å². The third-order valence-corrected chi connectivity index (χ3v) is 4.21. The number of rotatable bonds is 6. The maximum Gasteiger partial charge on any atom is 0.261 e. The molecule has 134 valence electrons. The number of anilines is 1. The molecule has 0 spiro atoms. The number of aromatic nitrogens is 2. The summed E-state index contributed by atoms with van der Waals surface area (Å²) in [6.07, 6.45) is 1.71. The van der Waals surface area contributed by atoms with Crippen molar-refractivity contribution in [2.75, 3.05) is 18.6 Å². The van der Waals surface area contributed by atoms with Gasteiger partial charge in [-0.25, -0.2) is 4.98 Å². The molecule has 0 aliphatic heterocycles. The van der Waals surface area contributed by atoms with Crippen molar-refractivity contribution in [2.24, 2.45) is 0 Å². The van der Waals surface area contributed by atoms with E-state index in [0.29, 0.717) is 17.5 Å². The van der Waals surface area contributed by atoms with Crippen molar-refractivity contribution in [3.05, 3.63) is 65.2 Å². The molecule has 0 aliphatic rings. The first-order chi connectivity index (χ1) is 12.6. The van der Waals surface area contributed by atoms with Crippen LogP contribution in [0.1, 0.15) is 13.3 Å². The lowest BCUT2D eigenvalue weighted by atomic mass is 10.2. The van der Waals surface area contributed by atoms with Crippen molar-refractivity contribution in [3.63, 3.8) is 0 Å². The lowest BCUT2D eigenvalue weighted by molar-refractivity contribution is -0.118. The Hall–Kier alpha value is -3.15. The fourth-order valence-corrected chi connectivity index (χ4v) is 2.73. The molecular weight excluding hydrogens is 330 g/mol. The van der Waals surface area contributed by atoms with E-state index in [1.165, 1.54) is 10.9 Å². The molecule has 0 radical (unpaired) electrons. The molecule has 0 saturated carbocycles. The average Bonchev–Trinajstić information content (AvgIpc) is 2.68. The molecule has 0 aliphatic carbocycles. The van der Waals surface area contributed by atoms with E-state index in [1.54, 1.807) is 30.1 Å². The van der Waals surface area contributed by atoms with Crippen LogP contribution in [0.25, 0.3) is 10.9 Å². The average molecular weight is 351 g/mol. The maximum absolute atomic E-state index is 12.5. The molecule has 0 saturated heterocycles. The Labute approximate surface area is 151 Å². The van der Waals surface area contributed by atoms with E-state index in [9.17, 15) is 9.59 Å². The van der Waals surface area contributed by atoms with Gasteiger partial charge in [0.2, 0.25) is 5.91 Å². The quantitative estimate of drug-likeness (QED) is 0.685. The molecule has 1 heterocycles. The van der Waals surface area contributed by atoms with Crippen molar-refractivity contribution < 1.29 is 9.53 Å². The molecule has 2 aromatic carbocycles. The molecule has 1 aromatic heterocycles. The molecule has 0 N–H and O–H groups in total. The van der Waals surface area contributed by atoms with Gasteiger partial charge in [0.25, 0.3) is 5.56 Å². The number of para-hydroxylation sites is 1. The molecule has 0 atom stereocenters. The van der Waals surface area contributed by atoms with Crippen LogP contribution in [-0.2, 0) is 11.3 Å². The molecule has 26 heavy (non-hydrogen) atoms. The summed E-state index contributed by atoms with van der Waals surface area (Å²) < 4.78 is 6.88. The number of fused-ring (bicyclic) bond motifs is 1. The largest absolute Gasteiger partial charge is 0.494 e. The zero-order chi connectivity index (χ0) is 18.5. The van der Waals surface area contributed by atoms with Crippen LogP contribution in [0.2, 0.25) is 0 Å². The fraction of sp³-hybridized carbons (Fsp3) is 0.250. The molecule has 0 fully saturated rings. The van der Waals surface area contributed by atoms with Crippen molar-refractivity contribution in [3.8, 4) is 5.75 Å². The van der Waals surface area contributed by atoms with Crippen LogP contribution in [0.3, 0.4) is 0 Å². The van der Waals surface area contributed by atoms with Crippen LogP contribution < -0.4 is 15.2 Å². The van der Waals surface area contributed by atoms with Crippen molar-refractivity contribution >= 4 is 22.5 Å². The fourth-order valence-electron chi connectivity index (χ4n) is 2.73. The normalized spacial score (nSPS) is 10.7. The minimum absolute atomic E-state index is 0.0748. The molecule has 6 nitrogen and oxygen atoms in total. The number of nitrogens with zero attached hydrogens (tertiary/aromatic N) is 3. The van der Waals surface area contributed by atoms with Gasteiger partial charge >= 0.3 is 0 Å². The van der Waals surface area contributed by atoms with Gasteiger partial charge in [-0.2, -0.15) is 0 Å². The third-order valence-electron chi connectivity index (χ3n) is 4.21. The van der Waals surface area contributed by atoms with Gasteiger partial charge in [-0.05, 0) is 43.3 Å². The Morgan fingerprint density at radius 3 is 2.62 bits per heavy atom. The standard InChI is InChI=1S/C20H21N3O3/c1-3-26-16-10-8-15(9-11-16)22(2)19(24)12-13-23-14-21-18-7-5-4-6-17(18)20(23)25/h4-11,14H,3,12-13H2,1-2H3. The molecule has 0 unspecified atom stereocenters. The molecule has 3 aromatic rings. The first-order valence-corrected chi connectivity index (χ1v) is 8.53. The van der Waals surface area contributed by atoms with Crippen LogP contribution in [0.5, 0.6) is 5.75 Å². The number of ether oxygens (including phenoxy) is 1. The highest BCUT2D eigenvalue weighted by Crippen LogP contribution is 2.19. The second-order valence-electron chi connectivity index (χ2n) is 5.89. The van der Waals surface area contributed by atoms with E-state index in [-0.39, 0.29) is 24.4 Å². The second-order valence-corrected chi connectivity index (χ2v) is 5.89. The van der Waals surface area contributed by atoms with Crippen molar-refractivity contribution in [1.82, 2.24) is 9.55 Å². The molecule has 1 amide bonds. The highest BCUT2D eigenvalue weighted by atomic mass is 16.5. The zero-order valence-electron chi connectivity index (χ0n) is 14.9. The van der Waals surface area contributed by atoms with Gasteiger partial charge in [-0.1, -0.05) is 12.1 Å². The van der Waals surface area contributed by atoms with Crippen molar-refractivity contribution in [1.29, 1.82) is 0 Å². The van der Waals surface area contributed by atoms with Crippen LogP contribution in [0, 0.1) is 0 Å². The second kappa shape index (κ2) is 7.82. The van der Waals surface area contributed by atoms with Gasteiger partial charge in [0.05, 0.1) is 23.8 Å². The number of benzene rings is 2. The highest BCUT2D eigenvalue weighted by molar-refractivity contribution is 5.92. The number of hydrogen-bond acceptors (Lipinski definition) is 4. The Balaban J connectivity index is 1.68. The first kappa shape index (κ1) is 17.7. The lowest BCUT2D eigenvalue weighted by Gasteiger charge is -2.18.